The van der Waals surface area contributed by atoms with Crippen LogP contribution in [0.25, 0.3) is 6.08 Å². The van der Waals surface area contributed by atoms with Gasteiger partial charge >= 0.3 is 0 Å². The lowest BCUT2D eigenvalue weighted by molar-refractivity contribution is -0.111. The summed E-state index contributed by atoms with van der Waals surface area (Å²) in [4.78, 5) is 12.4. The smallest absolute Gasteiger partial charge is 0.248 e. The van der Waals surface area contributed by atoms with E-state index in [9.17, 15) is 13.2 Å². The highest BCUT2D eigenvalue weighted by atomic mass is 32.2. The van der Waals surface area contributed by atoms with Gasteiger partial charge in [-0.3, -0.25) is 4.79 Å². The fourth-order valence-corrected chi connectivity index (χ4v) is 4.64. The standard InChI is InChI=1S/C21H24N2O4S/c1-27-20-8-4-3-7-17(20)9-14-21(24)22-18-10-12-19(13-11-18)28(25,26)23-15-5-2-6-16-23/h3-4,7-14H,2,5-6,15-16H2,1H3,(H,22,24). The van der Waals surface area contributed by atoms with Crippen LogP contribution < -0.4 is 10.1 Å². The van der Waals surface area contributed by atoms with E-state index in [-0.39, 0.29) is 10.8 Å². The third-order valence-corrected chi connectivity index (χ3v) is 6.54. The minimum absolute atomic E-state index is 0.247. The lowest BCUT2D eigenvalue weighted by Crippen LogP contribution is -2.35. The second kappa shape index (κ2) is 9.03. The number of amides is 1. The Hall–Kier alpha value is -2.64. The second-order valence-corrected chi connectivity index (χ2v) is 8.49. The maximum Gasteiger partial charge on any atom is 0.248 e. The van der Waals surface area contributed by atoms with Crippen LogP contribution in [0, 0.1) is 0 Å². The number of benzene rings is 2. The summed E-state index contributed by atoms with van der Waals surface area (Å²) in [5.74, 6) is 0.372. The van der Waals surface area contributed by atoms with Gasteiger partial charge in [0, 0.05) is 30.4 Å². The molecule has 0 spiro atoms. The average molecular weight is 401 g/mol. The average Bonchev–Trinajstić information content (AvgIpc) is 2.73. The fourth-order valence-electron chi connectivity index (χ4n) is 3.12. The first-order valence-corrected chi connectivity index (χ1v) is 10.7. The molecule has 0 aliphatic carbocycles. The van der Waals surface area contributed by atoms with E-state index in [1.54, 1.807) is 25.3 Å². The van der Waals surface area contributed by atoms with Crippen LogP contribution in [-0.4, -0.2) is 38.8 Å². The van der Waals surface area contributed by atoms with Gasteiger partial charge in [-0.1, -0.05) is 24.6 Å². The molecule has 28 heavy (non-hydrogen) atoms. The first kappa shape index (κ1) is 20.1. The summed E-state index contributed by atoms with van der Waals surface area (Å²) in [5.41, 5.74) is 1.33. The lowest BCUT2D eigenvalue weighted by atomic mass is 10.2. The number of hydrogen-bond donors (Lipinski definition) is 1. The van der Waals surface area contributed by atoms with Crippen molar-refractivity contribution in [2.45, 2.75) is 24.2 Å². The number of ether oxygens (including phenoxy) is 1. The SMILES string of the molecule is COc1ccccc1C=CC(=O)Nc1ccc(S(=O)(=O)N2CCCCC2)cc1. The Morgan fingerprint density at radius 3 is 2.39 bits per heavy atom. The molecule has 1 saturated heterocycles. The highest BCUT2D eigenvalue weighted by molar-refractivity contribution is 7.89. The van der Waals surface area contributed by atoms with E-state index >= 15 is 0 Å². The molecule has 1 aliphatic heterocycles. The Morgan fingerprint density at radius 2 is 1.71 bits per heavy atom. The molecule has 0 saturated carbocycles. The highest BCUT2D eigenvalue weighted by Crippen LogP contribution is 2.22. The van der Waals surface area contributed by atoms with Crippen LogP contribution in [0.5, 0.6) is 5.75 Å². The topological polar surface area (TPSA) is 75.7 Å². The Morgan fingerprint density at radius 1 is 1.04 bits per heavy atom. The molecule has 1 amide bonds. The van der Waals surface area contributed by atoms with Gasteiger partial charge in [0.25, 0.3) is 0 Å². The third-order valence-electron chi connectivity index (χ3n) is 4.63. The Bertz CT molecular complexity index is 947. The largest absolute Gasteiger partial charge is 0.496 e. The molecule has 0 atom stereocenters. The van der Waals surface area contributed by atoms with Crippen molar-refractivity contribution >= 4 is 27.7 Å². The molecular weight excluding hydrogens is 376 g/mol. The molecule has 3 rings (SSSR count). The second-order valence-electron chi connectivity index (χ2n) is 6.55. The molecular formula is C21H24N2O4S. The van der Waals surface area contributed by atoms with E-state index in [0.717, 1.165) is 24.8 Å². The van der Waals surface area contributed by atoms with Crippen LogP contribution in [0.2, 0.25) is 0 Å². The van der Waals surface area contributed by atoms with Crippen LogP contribution in [0.15, 0.2) is 59.5 Å². The van der Waals surface area contributed by atoms with Crippen LogP contribution in [0.4, 0.5) is 5.69 Å². The Balaban J connectivity index is 1.65. The molecule has 0 radical (unpaired) electrons. The first-order chi connectivity index (χ1) is 13.5. The van der Waals surface area contributed by atoms with Crippen LogP contribution in [0.3, 0.4) is 0 Å². The van der Waals surface area contributed by atoms with Gasteiger partial charge in [0.05, 0.1) is 12.0 Å². The number of methoxy groups -OCH3 is 1. The number of carbonyl (C=O) groups is 1. The zero-order chi connectivity index (χ0) is 20.0. The maximum atomic E-state index is 12.7. The minimum Gasteiger partial charge on any atom is -0.496 e. The number of nitrogens with zero attached hydrogens (tertiary/aromatic N) is 1. The zero-order valence-electron chi connectivity index (χ0n) is 15.8. The number of nitrogens with one attached hydrogen (secondary N) is 1. The van der Waals surface area contributed by atoms with Crippen molar-refractivity contribution in [3.63, 3.8) is 0 Å². The van der Waals surface area contributed by atoms with Gasteiger partial charge in [-0.05, 0) is 49.2 Å². The molecule has 2 aromatic carbocycles. The summed E-state index contributed by atoms with van der Waals surface area (Å²) in [7, 11) is -1.89. The number of anilines is 1. The predicted octanol–water partition coefficient (Wildman–Crippen LogP) is 3.52. The van der Waals surface area contributed by atoms with E-state index < -0.39 is 10.0 Å². The summed E-state index contributed by atoms with van der Waals surface area (Å²) in [6.45, 7) is 1.13. The summed E-state index contributed by atoms with van der Waals surface area (Å²) in [5, 5.41) is 2.73. The highest BCUT2D eigenvalue weighted by Gasteiger charge is 2.25. The van der Waals surface area contributed by atoms with Gasteiger partial charge in [0.15, 0.2) is 0 Å². The van der Waals surface area contributed by atoms with Gasteiger partial charge in [0.2, 0.25) is 15.9 Å². The number of piperidine rings is 1. The normalized spacial score (nSPS) is 15.5. The zero-order valence-corrected chi connectivity index (χ0v) is 16.6. The maximum absolute atomic E-state index is 12.7. The first-order valence-electron chi connectivity index (χ1n) is 9.23. The van der Waals surface area contributed by atoms with E-state index in [1.807, 2.05) is 24.3 Å². The molecule has 1 heterocycles. The summed E-state index contributed by atoms with van der Waals surface area (Å²) < 4.78 is 32.1. The van der Waals surface area contributed by atoms with Crippen molar-refractivity contribution in [3.05, 3.63) is 60.2 Å². The van der Waals surface area contributed by atoms with Gasteiger partial charge in [-0.25, -0.2) is 8.42 Å². The number of para-hydroxylation sites is 1. The third kappa shape index (κ3) is 4.79. The van der Waals surface area contributed by atoms with E-state index in [0.29, 0.717) is 24.5 Å². The van der Waals surface area contributed by atoms with Crippen molar-refractivity contribution < 1.29 is 17.9 Å². The Kier molecular flexibility index (Phi) is 6.49. The summed E-state index contributed by atoms with van der Waals surface area (Å²) >= 11 is 0. The quantitative estimate of drug-likeness (QED) is 0.753. The van der Waals surface area contributed by atoms with E-state index in [4.69, 9.17) is 4.74 Å². The van der Waals surface area contributed by atoms with Gasteiger partial charge in [-0.15, -0.1) is 0 Å². The van der Waals surface area contributed by atoms with E-state index in [1.165, 1.54) is 22.5 Å². The van der Waals surface area contributed by atoms with Crippen molar-refractivity contribution in [1.29, 1.82) is 0 Å². The monoisotopic (exact) mass is 400 g/mol. The Labute approximate surface area is 165 Å². The summed E-state index contributed by atoms with van der Waals surface area (Å²) in [6.07, 6.45) is 5.94. The van der Waals surface area contributed by atoms with Crippen LogP contribution >= 0.6 is 0 Å². The molecule has 1 aliphatic rings. The molecule has 1 fully saturated rings. The molecule has 0 aromatic heterocycles. The van der Waals surface area contributed by atoms with E-state index in [2.05, 4.69) is 5.32 Å². The molecule has 148 valence electrons. The van der Waals surface area contributed by atoms with Gasteiger partial charge in [0.1, 0.15) is 5.75 Å². The van der Waals surface area contributed by atoms with Crippen molar-refractivity contribution in [3.8, 4) is 5.75 Å². The molecule has 0 bridgehead atoms. The molecule has 1 N–H and O–H groups in total. The molecule has 0 unspecified atom stereocenters. The van der Waals surface area contributed by atoms with Crippen LogP contribution in [-0.2, 0) is 14.8 Å². The lowest BCUT2D eigenvalue weighted by Gasteiger charge is -2.25. The van der Waals surface area contributed by atoms with Gasteiger partial charge in [-0.2, -0.15) is 4.31 Å². The molecule has 6 nitrogen and oxygen atoms in total. The van der Waals surface area contributed by atoms with Crippen molar-refractivity contribution in [2.75, 3.05) is 25.5 Å². The summed E-state index contributed by atoms with van der Waals surface area (Å²) in [6, 6.07) is 13.7. The number of carbonyl (C=O) groups excluding carboxylic acids is 1. The minimum atomic E-state index is -3.47. The predicted molar refractivity (Wildman–Crippen MR) is 110 cm³/mol. The van der Waals surface area contributed by atoms with Gasteiger partial charge < -0.3 is 10.1 Å². The molecule has 7 heteroatoms. The van der Waals surface area contributed by atoms with Crippen LogP contribution in [0.1, 0.15) is 24.8 Å². The molecule has 2 aromatic rings. The fraction of sp³-hybridized carbons (Fsp3) is 0.286. The number of rotatable bonds is 6. The number of sulfonamides is 1. The number of hydrogen-bond acceptors (Lipinski definition) is 4. The van der Waals surface area contributed by atoms with Crippen molar-refractivity contribution in [1.82, 2.24) is 4.31 Å². The van der Waals surface area contributed by atoms with Crippen molar-refractivity contribution in [2.24, 2.45) is 0 Å².